The molecule has 0 amide bonds. The number of rotatable bonds is 8. The van der Waals surface area contributed by atoms with Crippen molar-refractivity contribution in [3.8, 4) is 11.5 Å². The minimum absolute atomic E-state index is 0.0397. The van der Waals surface area contributed by atoms with Crippen LogP contribution in [0.5, 0.6) is 11.5 Å². The average Bonchev–Trinajstić information content (AvgIpc) is 2.71. The van der Waals surface area contributed by atoms with Gasteiger partial charge in [0.25, 0.3) is 0 Å². The highest BCUT2D eigenvalue weighted by molar-refractivity contribution is 5.83. The third kappa shape index (κ3) is 4.96. The predicted molar refractivity (Wildman–Crippen MR) is 109 cm³/mol. The highest BCUT2D eigenvalue weighted by atomic mass is 16.5. The largest absolute Gasteiger partial charge is 0.508 e. The molecule has 1 N–H and O–H groups in total. The smallest absolute Gasteiger partial charge is 0.336 e. The molecule has 0 atom stereocenters. The van der Waals surface area contributed by atoms with Gasteiger partial charge in [-0.15, -0.1) is 0 Å². The lowest BCUT2D eigenvalue weighted by atomic mass is 10.0. The van der Waals surface area contributed by atoms with Gasteiger partial charge in [0, 0.05) is 29.5 Å². The third-order valence-corrected chi connectivity index (χ3v) is 4.67. The van der Waals surface area contributed by atoms with Crippen LogP contribution in [0.1, 0.15) is 37.0 Å². The summed E-state index contributed by atoms with van der Waals surface area (Å²) in [5, 5.41) is 10.6. The van der Waals surface area contributed by atoms with E-state index < -0.39 is 5.63 Å². The Morgan fingerprint density at radius 2 is 1.86 bits per heavy atom. The molecule has 3 rings (SSSR count). The molecule has 0 aliphatic rings. The van der Waals surface area contributed by atoms with Crippen molar-refractivity contribution in [2.24, 2.45) is 0 Å². The molecule has 29 heavy (non-hydrogen) atoms. The summed E-state index contributed by atoms with van der Waals surface area (Å²) < 4.78 is 16.1. The summed E-state index contributed by atoms with van der Waals surface area (Å²) in [6.45, 7) is 4.34. The molecule has 0 aliphatic heterocycles. The number of hydrogen-bond acceptors (Lipinski definition) is 6. The lowest BCUT2D eigenvalue weighted by Crippen LogP contribution is -2.09. The minimum Gasteiger partial charge on any atom is -0.508 e. The first-order chi connectivity index (χ1) is 14.0. The van der Waals surface area contributed by atoms with Crippen LogP contribution in [0, 0.1) is 0 Å². The van der Waals surface area contributed by atoms with E-state index in [1.165, 1.54) is 12.1 Å². The van der Waals surface area contributed by atoms with E-state index in [0.717, 1.165) is 16.9 Å². The van der Waals surface area contributed by atoms with Crippen molar-refractivity contribution in [1.82, 2.24) is 0 Å². The van der Waals surface area contributed by atoms with Crippen LogP contribution in [-0.2, 0) is 29.0 Å². The van der Waals surface area contributed by atoms with Gasteiger partial charge < -0.3 is 19.0 Å². The van der Waals surface area contributed by atoms with Crippen LogP contribution in [0.2, 0.25) is 0 Å². The van der Waals surface area contributed by atoms with E-state index >= 15 is 0 Å². The van der Waals surface area contributed by atoms with Gasteiger partial charge in [-0.1, -0.05) is 25.1 Å². The number of ether oxygens (including phenoxy) is 2. The van der Waals surface area contributed by atoms with Crippen LogP contribution in [0.3, 0.4) is 0 Å². The lowest BCUT2D eigenvalue weighted by molar-refractivity contribution is -0.144. The molecule has 6 nitrogen and oxygen atoms in total. The number of fused-ring (bicyclic) bond motifs is 1. The molecule has 6 heteroatoms. The summed E-state index contributed by atoms with van der Waals surface area (Å²) in [5.74, 6) is 0.471. The number of phenolic OH excluding ortho intramolecular Hbond substituents is 1. The molecular weight excluding hydrogens is 372 g/mol. The first-order valence-corrected chi connectivity index (χ1v) is 9.66. The normalized spacial score (nSPS) is 10.8. The Labute approximate surface area is 168 Å². The standard InChI is InChI=1S/C23H24O6/c1-3-15-11-18-17(12-23(26)29-21(18)13-19(15)24)14-28-22(25)10-9-16-7-5-6-8-20(16)27-4-2/h5-8,11-13,24H,3-4,9-10,14H2,1-2H3. The fourth-order valence-corrected chi connectivity index (χ4v) is 3.18. The first-order valence-electron chi connectivity index (χ1n) is 9.66. The lowest BCUT2D eigenvalue weighted by Gasteiger charge is -2.11. The van der Waals surface area contributed by atoms with Crippen molar-refractivity contribution >= 4 is 16.9 Å². The molecule has 3 aromatic rings. The quantitative estimate of drug-likeness (QED) is 0.455. The van der Waals surface area contributed by atoms with Crippen LogP contribution in [0.15, 0.2) is 51.7 Å². The SMILES string of the molecule is CCOc1ccccc1CCC(=O)OCc1cc(=O)oc2cc(O)c(CC)cc12. The molecule has 0 aliphatic carbocycles. The molecule has 1 heterocycles. The molecule has 0 saturated carbocycles. The van der Waals surface area contributed by atoms with E-state index in [4.69, 9.17) is 13.9 Å². The number of hydrogen-bond donors (Lipinski definition) is 1. The van der Waals surface area contributed by atoms with Gasteiger partial charge in [0.1, 0.15) is 23.7 Å². The number of esters is 1. The number of phenols is 1. The van der Waals surface area contributed by atoms with Crippen LogP contribution in [-0.4, -0.2) is 17.7 Å². The number of para-hydroxylation sites is 1. The summed E-state index contributed by atoms with van der Waals surface area (Å²) in [7, 11) is 0. The fraction of sp³-hybridized carbons (Fsp3) is 0.304. The Kier molecular flexibility index (Phi) is 6.54. The van der Waals surface area contributed by atoms with Gasteiger partial charge in [-0.25, -0.2) is 4.79 Å². The van der Waals surface area contributed by atoms with E-state index in [1.807, 2.05) is 38.1 Å². The van der Waals surface area contributed by atoms with Crippen molar-refractivity contribution < 1.29 is 23.8 Å². The van der Waals surface area contributed by atoms with Gasteiger partial charge in [-0.3, -0.25) is 4.79 Å². The molecule has 0 saturated heterocycles. The van der Waals surface area contributed by atoms with Crippen molar-refractivity contribution in [1.29, 1.82) is 0 Å². The fourth-order valence-electron chi connectivity index (χ4n) is 3.18. The predicted octanol–water partition coefficient (Wildman–Crippen LogP) is 4.14. The van der Waals surface area contributed by atoms with Crippen molar-refractivity contribution in [2.45, 2.75) is 39.7 Å². The molecule has 1 aromatic heterocycles. The van der Waals surface area contributed by atoms with E-state index in [-0.39, 0.29) is 30.3 Å². The van der Waals surface area contributed by atoms with E-state index in [9.17, 15) is 14.7 Å². The van der Waals surface area contributed by atoms with E-state index in [0.29, 0.717) is 30.4 Å². The summed E-state index contributed by atoms with van der Waals surface area (Å²) >= 11 is 0. The minimum atomic E-state index is -0.558. The Hall–Kier alpha value is -3.28. The number of aromatic hydroxyl groups is 1. The molecular formula is C23H24O6. The van der Waals surface area contributed by atoms with Crippen LogP contribution in [0.4, 0.5) is 0 Å². The van der Waals surface area contributed by atoms with Gasteiger partial charge in [0.05, 0.1) is 6.61 Å². The Bertz CT molecular complexity index is 1070. The van der Waals surface area contributed by atoms with Crippen molar-refractivity contribution in [3.05, 3.63) is 69.6 Å². The Morgan fingerprint density at radius 3 is 2.62 bits per heavy atom. The van der Waals surface area contributed by atoms with Crippen molar-refractivity contribution in [3.63, 3.8) is 0 Å². The van der Waals surface area contributed by atoms with E-state index in [1.54, 1.807) is 6.07 Å². The zero-order valence-corrected chi connectivity index (χ0v) is 16.6. The maximum atomic E-state index is 12.3. The van der Waals surface area contributed by atoms with Crippen LogP contribution < -0.4 is 10.4 Å². The average molecular weight is 396 g/mol. The van der Waals surface area contributed by atoms with Gasteiger partial charge in [0.15, 0.2) is 0 Å². The second kappa shape index (κ2) is 9.28. The molecule has 0 radical (unpaired) electrons. The number of benzene rings is 2. The van der Waals surface area contributed by atoms with Gasteiger partial charge in [-0.2, -0.15) is 0 Å². The van der Waals surface area contributed by atoms with Gasteiger partial charge >= 0.3 is 11.6 Å². The highest BCUT2D eigenvalue weighted by Crippen LogP contribution is 2.27. The third-order valence-electron chi connectivity index (χ3n) is 4.67. The van der Waals surface area contributed by atoms with E-state index in [2.05, 4.69) is 0 Å². The Morgan fingerprint density at radius 1 is 1.07 bits per heavy atom. The number of aryl methyl sites for hydroxylation is 2. The van der Waals surface area contributed by atoms with Gasteiger partial charge in [0.2, 0.25) is 0 Å². The second-order valence-electron chi connectivity index (χ2n) is 6.62. The first kappa shape index (κ1) is 20.5. The maximum Gasteiger partial charge on any atom is 0.336 e. The monoisotopic (exact) mass is 396 g/mol. The van der Waals surface area contributed by atoms with Crippen LogP contribution >= 0.6 is 0 Å². The number of carbonyl (C=O) groups excluding carboxylic acids is 1. The number of carbonyl (C=O) groups is 1. The summed E-state index contributed by atoms with van der Waals surface area (Å²) in [4.78, 5) is 24.1. The maximum absolute atomic E-state index is 12.3. The molecule has 152 valence electrons. The molecule has 0 spiro atoms. The van der Waals surface area contributed by atoms with Crippen molar-refractivity contribution in [2.75, 3.05) is 6.61 Å². The second-order valence-corrected chi connectivity index (χ2v) is 6.62. The zero-order valence-electron chi connectivity index (χ0n) is 16.6. The Balaban J connectivity index is 1.70. The molecule has 0 unspecified atom stereocenters. The molecule has 0 bridgehead atoms. The highest BCUT2D eigenvalue weighted by Gasteiger charge is 2.13. The van der Waals surface area contributed by atoms with Gasteiger partial charge in [-0.05, 0) is 43.0 Å². The molecule has 0 fully saturated rings. The summed E-state index contributed by atoms with van der Waals surface area (Å²) in [5.41, 5.74) is 1.93. The summed E-state index contributed by atoms with van der Waals surface area (Å²) in [6.07, 6.45) is 1.32. The topological polar surface area (TPSA) is 86.0 Å². The summed E-state index contributed by atoms with van der Waals surface area (Å²) in [6, 6.07) is 12.1. The zero-order chi connectivity index (χ0) is 20.8. The molecule has 2 aromatic carbocycles. The van der Waals surface area contributed by atoms with Crippen LogP contribution in [0.25, 0.3) is 11.0 Å².